The SMILES string of the molecule is Cc1ccc(-c2nc(CCOc3ccc(CCl)cc3)co2)cc1. The van der Waals surface area contributed by atoms with Gasteiger partial charge in [-0.15, -0.1) is 11.6 Å². The molecule has 4 heteroatoms. The summed E-state index contributed by atoms with van der Waals surface area (Å²) in [4.78, 5) is 4.50. The summed E-state index contributed by atoms with van der Waals surface area (Å²) < 4.78 is 11.3. The van der Waals surface area contributed by atoms with Gasteiger partial charge in [0.15, 0.2) is 0 Å². The number of nitrogens with zero attached hydrogens (tertiary/aromatic N) is 1. The maximum atomic E-state index is 5.77. The molecule has 0 aliphatic carbocycles. The van der Waals surface area contributed by atoms with E-state index in [0.717, 1.165) is 22.6 Å². The van der Waals surface area contributed by atoms with Gasteiger partial charge in [-0.2, -0.15) is 0 Å². The Morgan fingerprint density at radius 1 is 1.04 bits per heavy atom. The summed E-state index contributed by atoms with van der Waals surface area (Å²) >= 11 is 5.77. The van der Waals surface area contributed by atoms with E-state index in [2.05, 4.69) is 11.9 Å². The largest absolute Gasteiger partial charge is 0.493 e. The van der Waals surface area contributed by atoms with Gasteiger partial charge in [-0.25, -0.2) is 4.98 Å². The number of rotatable bonds is 6. The predicted molar refractivity (Wildman–Crippen MR) is 91.9 cm³/mol. The molecule has 118 valence electrons. The van der Waals surface area contributed by atoms with Crippen molar-refractivity contribution in [3.05, 3.63) is 71.6 Å². The van der Waals surface area contributed by atoms with Gasteiger partial charge < -0.3 is 9.15 Å². The average Bonchev–Trinajstić information content (AvgIpc) is 3.05. The molecule has 1 heterocycles. The standard InChI is InChI=1S/C19H18ClNO2/c1-14-2-6-16(7-3-14)19-21-17(13-23-19)10-11-22-18-8-4-15(12-20)5-9-18/h2-9,13H,10-12H2,1H3. The topological polar surface area (TPSA) is 35.3 Å². The molecular weight excluding hydrogens is 310 g/mol. The van der Waals surface area contributed by atoms with E-state index in [1.165, 1.54) is 5.56 Å². The Morgan fingerprint density at radius 2 is 1.78 bits per heavy atom. The Balaban J connectivity index is 1.55. The minimum absolute atomic E-state index is 0.515. The van der Waals surface area contributed by atoms with Gasteiger partial charge in [0.25, 0.3) is 0 Å². The van der Waals surface area contributed by atoms with Crippen LogP contribution < -0.4 is 4.74 Å². The fourth-order valence-corrected chi connectivity index (χ4v) is 2.38. The fraction of sp³-hybridized carbons (Fsp3) is 0.211. The van der Waals surface area contributed by atoms with Gasteiger partial charge in [-0.1, -0.05) is 29.8 Å². The zero-order valence-electron chi connectivity index (χ0n) is 13.0. The molecule has 0 atom stereocenters. The van der Waals surface area contributed by atoms with Crippen molar-refractivity contribution >= 4 is 11.6 Å². The summed E-state index contributed by atoms with van der Waals surface area (Å²) in [5.74, 6) is 1.99. The van der Waals surface area contributed by atoms with Crippen LogP contribution in [0.1, 0.15) is 16.8 Å². The van der Waals surface area contributed by atoms with Crippen molar-refractivity contribution in [2.45, 2.75) is 19.2 Å². The molecule has 0 saturated carbocycles. The number of hydrogen-bond donors (Lipinski definition) is 0. The van der Waals surface area contributed by atoms with Gasteiger partial charge >= 0.3 is 0 Å². The van der Waals surface area contributed by atoms with E-state index in [9.17, 15) is 0 Å². The summed E-state index contributed by atoms with van der Waals surface area (Å²) in [7, 11) is 0. The van der Waals surface area contributed by atoms with Crippen LogP contribution in [0.15, 0.2) is 59.2 Å². The lowest BCUT2D eigenvalue weighted by Gasteiger charge is -2.05. The molecule has 3 rings (SSSR count). The smallest absolute Gasteiger partial charge is 0.226 e. The second kappa shape index (κ2) is 7.34. The molecular formula is C19H18ClNO2. The first-order valence-electron chi connectivity index (χ1n) is 7.54. The van der Waals surface area contributed by atoms with Crippen LogP contribution in [0.4, 0.5) is 0 Å². The fourth-order valence-electron chi connectivity index (χ4n) is 2.20. The molecule has 0 amide bonds. The van der Waals surface area contributed by atoms with Crippen molar-refractivity contribution in [1.29, 1.82) is 0 Å². The highest BCUT2D eigenvalue weighted by Crippen LogP contribution is 2.19. The highest BCUT2D eigenvalue weighted by molar-refractivity contribution is 6.17. The van der Waals surface area contributed by atoms with Crippen molar-refractivity contribution < 1.29 is 9.15 Å². The number of halogens is 1. The zero-order chi connectivity index (χ0) is 16.1. The second-order valence-electron chi connectivity index (χ2n) is 5.39. The van der Waals surface area contributed by atoms with Gasteiger partial charge in [-0.3, -0.25) is 0 Å². The van der Waals surface area contributed by atoms with Gasteiger partial charge in [0.2, 0.25) is 5.89 Å². The number of alkyl halides is 1. The maximum absolute atomic E-state index is 5.77. The van der Waals surface area contributed by atoms with Crippen LogP contribution in [0.5, 0.6) is 5.75 Å². The number of aromatic nitrogens is 1. The van der Waals surface area contributed by atoms with E-state index in [0.29, 0.717) is 24.8 Å². The average molecular weight is 328 g/mol. The normalized spacial score (nSPS) is 10.7. The molecule has 3 aromatic rings. The van der Waals surface area contributed by atoms with Gasteiger partial charge in [-0.05, 0) is 36.8 Å². The van der Waals surface area contributed by atoms with Gasteiger partial charge in [0, 0.05) is 17.9 Å². The summed E-state index contributed by atoms with van der Waals surface area (Å²) in [6, 6.07) is 15.9. The van der Waals surface area contributed by atoms with Gasteiger partial charge in [0.05, 0.1) is 12.3 Å². The molecule has 0 aliphatic rings. The first kappa shape index (κ1) is 15.6. The number of hydrogen-bond acceptors (Lipinski definition) is 3. The molecule has 23 heavy (non-hydrogen) atoms. The molecule has 0 unspecified atom stereocenters. The minimum Gasteiger partial charge on any atom is -0.493 e. The number of oxazole rings is 1. The van der Waals surface area contributed by atoms with Crippen LogP contribution >= 0.6 is 11.6 Å². The first-order valence-corrected chi connectivity index (χ1v) is 8.07. The Bertz CT molecular complexity index is 748. The summed E-state index contributed by atoms with van der Waals surface area (Å²) in [5.41, 5.74) is 4.17. The van der Waals surface area contributed by atoms with Crippen LogP contribution in [-0.4, -0.2) is 11.6 Å². The first-order chi connectivity index (χ1) is 11.2. The predicted octanol–water partition coefficient (Wildman–Crippen LogP) is 5.01. The van der Waals surface area contributed by atoms with E-state index < -0.39 is 0 Å². The Labute approximate surface area is 140 Å². The summed E-state index contributed by atoms with van der Waals surface area (Å²) in [5, 5.41) is 0. The molecule has 3 nitrogen and oxygen atoms in total. The van der Waals surface area contributed by atoms with Crippen molar-refractivity contribution in [2.24, 2.45) is 0 Å². The summed E-state index contributed by atoms with van der Waals surface area (Å²) in [6.45, 7) is 2.61. The Hall–Kier alpha value is -2.26. The molecule has 0 saturated heterocycles. The molecule has 2 aromatic carbocycles. The molecule has 0 N–H and O–H groups in total. The third-order valence-electron chi connectivity index (χ3n) is 3.55. The zero-order valence-corrected chi connectivity index (χ0v) is 13.7. The van der Waals surface area contributed by atoms with Crippen LogP contribution in [0.25, 0.3) is 11.5 Å². The molecule has 0 bridgehead atoms. The summed E-state index contributed by atoms with van der Waals surface area (Å²) in [6.07, 6.45) is 2.39. The molecule has 0 spiro atoms. The third kappa shape index (κ3) is 4.14. The van der Waals surface area contributed by atoms with Crippen molar-refractivity contribution in [2.75, 3.05) is 6.61 Å². The maximum Gasteiger partial charge on any atom is 0.226 e. The molecule has 1 aromatic heterocycles. The lowest BCUT2D eigenvalue weighted by molar-refractivity contribution is 0.320. The van der Waals surface area contributed by atoms with Crippen LogP contribution in [0.3, 0.4) is 0 Å². The number of benzene rings is 2. The van der Waals surface area contributed by atoms with Crippen LogP contribution in [0.2, 0.25) is 0 Å². The minimum atomic E-state index is 0.515. The Kier molecular flexibility index (Phi) is 4.99. The van der Waals surface area contributed by atoms with E-state index in [-0.39, 0.29) is 0 Å². The monoisotopic (exact) mass is 327 g/mol. The highest BCUT2D eigenvalue weighted by Gasteiger charge is 2.06. The van der Waals surface area contributed by atoms with Crippen molar-refractivity contribution in [1.82, 2.24) is 4.98 Å². The van der Waals surface area contributed by atoms with Crippen molar-refractivity contribution in [3.63, 3.8) is 0 Å². The third-order valence-corrected chi connectivity index (χ3v) is 3.86. The van der Waals surface area contributed by atoms with E-state index in [1.54, 1.807) is 6.26 Å². The van der Waals surface area contributed by atoms with Gasteiger partial charge in [0.1, 0.15) is 12.0 Å². The lowest BCUT2D eigenvalue weighted by Crippen LogP contribution is -2.01. The van der Waals surface area contributed by atoms with Crippen LogP contribution in [0, 0.1) is 6.92 Å². The highest BCUT2D eigenvalue weighted by atomic mass is 35.5. The van der Waals surface area contributed by atoms with E-state index in [4.69, 9.17) is 20.8 Å². The van der Waals surface area contributed by atoms with E-state index >= 15 is 0 Å². The molecule has 0 fully saturated rings. The van der Waals surface area contributed by atoms with Crippen molar-refractivity contribution in [3.8, 4) is 17.2 Å². The van der Waals surface area contributed by atoms with Crippen LogP contribution in [-0.2, 0) is 12.3 Å². The molecule has 0 aliphatic heterocycles. The quantitative estimate of drug-likeness (QED) is 0.597. The molecule has 0 radical (unpaired) electrons. The number of ether oxygens (including phenoxy) is 1. The van der Waals surface area contributed by atoms with E-state index in [1.807, 2.05) is 48.5 Å². The lowest BCUT2D eigenvalue weighted by atomic mass is 10.1. The Morgan fingerprint density at radius 3 is 2.48 bits per heavy atom. The number of aryl methyl sites for hydroxylation is 1. The second-order valence-corrected chi connectivity index (χ2v) is 5.65.